The predicted octanol–water partition coefficient (Wildman–Crippen LogP) is 2.88. The molecule has 3 aromatic heterocycles. The zero-order chi connectivity index (χ0) is 16.7. The molecule has 0 saturated carbocycles. The fourth-order valence-corrected chi connectivity index (χ4v) is 2.52. The Balaban J connectivity index is 1.63. The van der Waals surface area contributed by atoms with E-state index in [-0.39, 0.29) is 17.7 Å². The molecule has 125 valence electrons. The number of hydrogen-bond acceptors (Lipinski definition) is 5. The van der Waals surface area contributed by atoms with Gasteiger partial charge in [-0.2, -0.15) is 18.3 Å². The first kappa shape index (κ1) is 14.9. The molecule has 7 nitrogen and oxygen atoms in total. The Morgan fingerprint density at radius 1 is 1.38 bits per heavy atom. The van der Waals surface area contributed by atoms with Crippen LogP contribution < -0.4 is 5.32 Å². The Morgan fingerprint density at radius 3 is 3.00 bits per heavy atom. The molecule has 1 atom stereocenters. The van der Waals surface area contributed by atoms with Crippen molar-refractivity contribution in [3.05, 3.63) is 42.3 Å². The van der Waals surface area contributed by atoms with Crippen molar-refractivity contribution in [2.75, 3.05) is 11.9 Å². The van der Waals surface area contributed by atoms with Crippen molar-refractivity contribution < 1.29 is 17.9 Å². The molecule has 0 aromatic carbocycles. The molecule has 24 heavy (non-hydrogen) atoms. The van der Waals surface area contributed by atoms with Crippen LogP contribution in [0.3, 0.4) is 0 Å². The molecule has 0 amide bonds. The topological polar surface area (TPSA) is 80.1 Å². The maximum Gasteiger partial charge on any atom is 0.434 e. The van der Waals surface area contributed by atoms with Gasteiger partial charge in [0.15, 0.2) is 11.5 Å². The van der Waals surface area contributed by atoms with Crippen LogP contribution in [0.2, 0.25) is 0 Å². The molecule has 0 aliphatic carbocycles. The van der Waals surface area contributed by atoms with E-state index >= 15 is 0 Å². The van der Waals surface area contributed by atoms with Gasteiger partial charge in [0.05, 0.1) is 18.4 Å². The van der Waals surface area contributed by atoms with Crippen LogP contribution in [0.4, 0.5) is 24.9 Å². The highest BCUT2D eigenvalue weighted by Crippen LogP contribution is 2.30. The van der Waals surface area contributed by atoms with Crippen molar-refractivity contribution >= 4 is 17.4 Å². The van der Waals surface area contributed by atoms with E-state index in [4.69, 9.17) is 4.74 Å². The van der Waals surface area contributed by atoms with Crippen LogP contribution in [0, 0.1) is 6.42 Å². The Hall–Kier alpha value is -2.62. The number of rotatable bonds is 3. The summed E-state index contributed by atoms with van der Waals surface area (Å²) in [6.07, 6.45) is 0.485. The molecule has 2 N–H and O–H groups in total. The highest BCUT2D eigenvalue weighted by Gasteiger charge is 2.34. The highest BCUT2D eigenvalue weighted by molar-refractivity contribution is 5.54. The monoisotopic (exact) mass is 337 g/mol. The summed E-state index contributed by atoms with van der Waals surface area (Å²) < 4.78 is 45.2. The molecule has 1 fully saturated rings. The van der Waals surface area contributed by atoms with Gasteiger partial charge < -0.3 is 10.1 Å². The molecule has 4 heterocycles. The molecular weight excluding hydrogens is 325 g/mol. The van der Waals surface area contributed by atoms with Crippen LogP contribution in [0.5, 0.6) is 0 Å². The summed E-state index contributed by atoms with van der Waals surface area (Å²) in [6, 6.07) is 3.14. The number of aromatic nitrogens is 5. The Bertz CT molecular complexity index is 865. The third-order valence-electron chi connectivity index (χ3n) is 3.65. The largest absolute Gasteiger partial charge is 0.434 e. The van der Waals surface area contributed by atoms with E-state index in [1.54, 1.807) is 6.07 Å². The van der Waals surface area contributed by atoms with Gasteiger partial charge in [-0.1, -0.05) is 0 Å². The second-order valence-electron chi connectivity index (χ2n) is 5.30. The van der Waals surface area contributed by atoms with Crippen molar-refractivity contribution in [3.8, 4) is 0 Å². The van der Waals surface area contributed by atoms with Crippen molar-refractivity contribution in [2.45, 2.75) is 18.7 Å². The van der Waals surface area contributed by atoms with Gasteiger partial charge in [-0.15, -0.1) is 0 Å². The van der Waals surface area contributed by atoms with Gasteiger partial charge in [-0.25, -0.2) is 9.97 Å². The quantitative estimate of drug-likeness (QED) is 0.768. The molecular formula is C14H12F3N6O. The van der Waals surface area contributed by atoms with Crippen molar-refractivity contribution in [2.24, 2.45) is 0 Å². The normalized spacial score (nSPS) is 18.4. The Labute approximate surface area is 133 Å². The minimum Gasteiger partial charge on any atom is -0.372 e. The molecule has 1 aliphatic rings. The average Bonchev–Trinajstić information content (AvgIpc) is 3.26. The number of anilines is 2. The molecule has 4 rings (SSSR count). The number of hydrogen-bond donors (Lipinski definition) is 2. The lowest BCUT2D eigenvalue weighted by Crippen LogP contribution is -2.04. The van der Waals surface area contributed by atoms with Crippen molar-refractivity contribution in [1.82, 2.24) is 24.6 Å². The van der Waals surface area contributed by atoms with E-state index in [2.05, 4.69) is 25.5 Å². The van der Waals surface area contributed by atoms with E-state index in [0.29, 0.717) is 12.4 Å². The number of ether oxygens (including phenoxy) is 1. The summed E-state index contributed by atoms with van der Waals surface area (Å²) in [5, 5.41) is 9.84. The number of aromatic amines is 1. The first-order chi connectivity index (χ1) is 11.5. The van der Waals surface area contributed by atoms with Crippen LogP contribution in [0.1, 0.15) is 23.9 Å². The summed E-state index contributed by atoms with van der Waals surface area (Å²) in [7, 11) is 0. The maximum atomic E-state index is 12.8. The maximum absolute atomic E-state index is 12.8. The molecule has 1 saturated heterocycles. The first-order valence-corrected chi connectivity index (χ1v) is 7.17. The standard InChI is InChI=1S/C14H12F3N6O/c15-14(16,17)10-7-23-12(19-10)3-4-18-13(23)20-11-6-8(21-22-11)9-2-1-5-24-9/h1,3-4,6-7,9H,2,5H2,(H2,18,20,21,22)/t9-/m0/s1. The Kier molecular flexibility index (Phi) is 3.41. The van der Waals surface area contributed by atoms with E-state index in [1.165, 1.54) is 16.7 Å². The first-order valence-electron chi connectivity index (χ1n) is 7.17. The molecule has 1 aliphatic heterocycles. The van der Waals surface area contributed by atoms with Crippen LogP contribution in [0.15, 0.2) is 24.5 Å². The zero-order valence-electron chi connectivity index (χ0n) is 12.2. The number of H-pyrrole nitrogens is 1. The lowest BCUT2D eigenvalue weighted by molar-refractivity contribution is -0.140. The fraction of sp³-hybridized carbons (Fsp3) is 0.286. The van der Waals surface area contributed by atoms with Gasteiger partial charge >= 0.3 is 6.18 Å². The summed E-state index contributed by atoms with van der Waals surface area (Å²) in [5.74, 6) is 0.621. The summed E-state index contributed by atoms with van der Waals surface area (Å²) in [6.45, 7) is 0.586. The zero-order valence-corrected chi connectivity index (χ0v) is 12.2. The van der Waals surface area contributed by atoms with E-state index in [9.17, 15) is 13.2 Å². The molecule has 10 heteroatoms. The SMILES string of the molecule is FC(F)(F)c1cn2c(Nc3cc([C@@H]4C[CH]CO4)[nH]n3)nccc2n1. The van der Waals surface area contributed by atoms with Gasteiger partial charge in [0, 0.05) is 18.5 Å². The minimum atomic E-state index is -4.51. The summed E-state index contributed by atoms with van der Waals surface area (Å²) >= 11 is 0. The Morgan fingerprint density at radius 2 is 2.25 bits per heavy atom. The van der Waals surface area contributed by atoms with E-state index in [1.807, 2.05) is 6.42 Å². The highest BCUT2D eigenvalue weighted by atomic mass is 19.4. The molecule has 0 unspecified atom stereocenters. The summed E-state index contributed by atoms with van der Waals surface area (Å²) in [4.78, 5) is 7.62. The van der Waals surface area contributed by atoms with Gasteiger partial charge in [0.25, 0.3) is 0 Å². The molecule has 3 aromatic rings. The van der Waals surface area contributed by atoms with Crippen molar-refractivity contribution in [3.63, 3.8) is 0 Å². The lowest BCUT2D eigenvalue weighted by Gasteiger charge is -2.05. The molecule has 0 spiro atoms. The van der Waals surface area contributed by atoms with Gasteiger partial charge in [-0.3, -0.25) is 9.50 Å². The fourth-order valence-electron chi connectivity index (χ4n) is 2.52. The molecule has 1 radical (unpaired) electrons. The van der Waals surface area contributed by atoms with Crippen LogP contribution in [0.25, 0.3) is 5.65 Å². The number of nitrogens with one attached hydrogen (secondary N) is 2. The smallest absolute Gasteiger partial charge is 0.372 e. The third-order valence-corrected chi connectivity index (χ3v) is 3.65. The number of imidazole rings is 1. The third kappa shape index (κ3) is 2.68. The van der Waals surface area contributed by atoms with E-state index < -0.39 is 11.9 Å². The second kappa shape index (κ2) is 5.48. The van der Waals surface area contributed by atoms with Crippen LogP contribution in [-0.4, -0.2) is 31.2 Å². The lowest BCUT2D eigenvalue weighted by atomic mass is 10.2. The van der Waals surface area contributed by atoms with Crippen LogP contribution >= 0.6 is 0 Å². The van der Waals surface area contributed by atoms with Crippen LogP contribution in [-0.2, 0) is 10.9 Å². The van der Waals surface area contributed by atoms with Gasteiger partial charge in [0.1, 0.15) is 5.65 Å². The number of alkyl halides is 3. The predicted molar refractivity (Wildman–Crippen MR) is 77.5 cm³/mol. The number of halogens is 3. The minimum absolute atomic E-state index is 0.0816. The summed E-state index contributed by atoms with van der Waals surface area (Å²) in [5.41, 5.74) is -0.0412. The van der Waals surface area contributed by atoms with Gasteiger partial charge in [0.2, 0.25) is 5.95 Å². The van der Waals surface area contributed by atoms with Crippen molar-refractivity contribution in [1.29, 1.82) is 0 Å². The number of nitrogens with zero attached hydrogens (tertiary/aromatic N) is 4. The molecule has 0 bridgehead atoms. The average molecular weight is 337 g/mol. The van der Waals surface area contributed by atoms with Gasteiger partial charge in [-0.05, 0) is 18.9 Å². The second-order valence-corrected chi connectivity index (χ2v) is 5.30. The number of fused-ring (bicyclic) bond motifs is 1. The van der Waals surface area contributed by atoms with E-state index in [0.717, 1.165) is 18.3 Å².